The van der Waals surface area contributed by atoms with Crippen molar-refractivity contribution >= 4 is 5.91 Å². The van der Waals surface area contributed by atoms with Gasteiger partial charge in [0.15, 0.2) is 0 Å². The number of likely N-dealkylation sites (tertiary alicyclic amines) is 1. The van der Waals surface area contributed by atoms with E-state index in [0.717, 1.165) is 30.6 Å². The largest absolute Gasteiger partial charge is 0.368 e. The molecule has 1 spiro atoms. The summed E-state index contributed by atoms with van der Waals surface area (Å²) in [5.41, 5.74) is 3.47. The number of para-hydroxylation sites is 1. The van der Waals surface area contributed by atoms with Crippen molar-refractivity contribution in [2.45, 2.75) is 24.9 Å². The second-order valence-corrected chi connectivity index (χ2v) is 7.13. The van der Waals surface area contributed by atoms with E-state index in [0.29, 0.717) is 25.4 Å². The Morgan fingerprint density at radius 3 is 2.74 bits per heavy atom. The average molecular weight is 363 g/mol. The summed E-state index contributed by atoms with van der Waals surface area (Å²) in [5, 5.41) is 4.89. The van der Waals surface area contributed by atoms with Crippen molar-refractivity contribution in [1.82, 2.24) is 24.6 Å². The number of hydrogen-bond donors (Lipinski definition) is 1. The fraction of sp³-hybridized carbons (Fsp3) is 0.350. The zero-order valence-electron chi connectivity index (χ0n) is 15.0. The minimum absolute atomic E-state index is 0.00630. The van der Waals surface area contributed by atoms with Gasteiger partial charge in [-0.25, -0.2) is 9.67 Å². The van der Waals surface area contributed by atoms with E-state index in [1.165, 1.54) is 11.9 Å². The van der Waals surface area contributed by atoms with Crippen LogP contribution < -0.4 is 0 Å². The summed E-state index contributed by atoms with van der Waals surface area (Å²) in [6, 6.07) is 10.1. The van der Waals surface area contributed by atoms with Gasteiger partial charge >= 0.3 is 0 Å². The molecule has 2 aliphatic heterocycles. The first kappa shape index (κ1) is 16.3. The number of aromatic nitrogens is 4. The van der Waals surface area contributed by atoms with Crippen molar-refractivity contribution in [2.24, 2.45) is 0 Å². The molecule has 2 aromatic heterocycles. The van der Waals surface area contributed by atoms with Crippen molar-refractivity contribution in [1.29, 1.82) is 0 Å². The number of imidazole rings is 1. The first-order valence-electron chi connectivity index (χ1n) is 9.31. The van der Waals surface area contributed by atoms with Gasteiger partial charge in [-0.3, -0.25) is 4.79 Å². The molecule has 27 heavy (non-hydrogen) atoms. The van der Waals surface area contributed by atoms with Gasteiger partial charge in [-0.1, -0.05) is 18.2 Å². The number of nitrogens with one attached hydrogen (secondary N) is 1. The van der Waals surface area contributed by atoms with E-state index in [2.05, 4.69) is 28.3 Å². The number of aromatic amines is 1. The minimum Gasteiger partial charge on any atom is -0.368 e. The zero-order valence-corrected chi connectivity index (χ0v) is 15.0. The van der Waals surface area contributed by atoms with Crippen molar-refractivity contribution in [3.8, 4) is 5.69 Å². The first-order valence-corrected chi connectivity index (χ1v) is 9.31. The summed E-state index contributed by atoms with van der Waals surface area (Å²) in [7, 11) is 0. The maximum absolute atomic E-state index is 12.6. The zero-order chi connectivity index (χ0) is 18.3. The maximum Gasteiger partial charge on any atom is 0.271 e. The Morgan fingerprint density at radius 2 is 2.00 bits per heavy atom. The number of piperidine rings is 1. The van der Waals surface area contributed by atoms with Crippen LogP contribution >= 0.6 is 0 Å². The molecule has 1 N–H and O–H groups in total. The predicted octanol–water partition coefficient (Wildman–Crippen LogP) is 2.30. The molecular weight excluding hydrogens is 342 g/mol. The van der Waals surface area contributed by atoms with E-state index in [1.807, 2.05) is 27.8 Å². The molecule has 1 saturated heterocycles. The summed E-state index contributed by atoms with van der Waals surface area (Å²) in [5.74, 6) is -0.00630. The van der Waals surface area contributed by atoms with Gasteiger partial charge in [0, 0.05) is 19.3 Å². The van der Waals surface area contributed by atoms with Crippen molar-refractivity contribution in [2.75, 3.05) is 19.7 Å². The van der Waals surface area contributed by atoms with Crippen molar-refractivity contribution < 1.29 is 9.53 Å². The fourth-order valence-corrected chi connectivity index (χ4v) is 4.11. The molecule has 1 amide bonds. The van der Waals surface area contributed by atoms with Crippen LogP contribution in [-0.4, -0.2) is 50.3 Å². The number of hydrogen-bond acceptors (Lipinski definition) is 4. The first-order chi connectivity index (χ1) is 13.3. The molecule has 7 nitrogen and oxygen atoms in total. The summed E-state index contributed by atoms with van der Waals surface area (Å²) < 4.78 is 8.21. The SMILES string of the molecule is O=C(c1cnc[nH]1)N1CCC2(CC1)OCCc1cn(-c3ccccc3)nc12. The molecule has 3 aromatic rings. The molecule has 0 saturated carbocycles. The van der Waals surface area contributed by atoms with E-state index in [-0.39, 0.29) is 5.91 Å². The van der Waals surface area contributed by atoms with Gasteiger partial charge in [-0.05, 0) is 37.0 Å². The number of benzene rings is 1. The van der Waals surface area contributed by atoms with Gasteiger partial charge < -0.3 is 14.6 Å². The summed E-state index contributed by atoms with van der Waals surface area (Å²) >= 11 is 0. The molecule has 5 rings (SSSR count). The maximum atomic E-state index is 12.6. The number of H-pyrrole nitrogens is 1. The number of ether oxygens (including phenoxy) is 1. The average Bonchev–Trinajstić information content (AvgIpc) is 3.40. The lowest BCUT2D eigenvalue weighted by molar-refractivity contribution is -0.0963. The summed E-state index contributed by atoms with van der Waals surface area (Å²) in [6.45, 7) is 1.99. The van der Waals surface area contributed by atoms with Crippen molar-refractivity contribution in [3.05, 3.63) is 66.0 Å². The standard InChI is InChI=1S/C20H21N5O2/c26-19(17-12-21-14-22-17)24-9-7-20(8-10-24)18-15(6-11-27-20)13-25(23-18)16-4-2-1-3-5-16/h1-5,12-14H,6-11H2,(H,21,22). The topological polar surface area (TPSA) is 76.0 Å². The third-order valence-corrected chi connectivity index (χ3v) is 5.58. The summed E-state index contributed by atoms with van der Waals surface area (Å²) in [4.78, 5) is 21.3. The molecule has 1 fully saturated rings. The van der Waals surface area contributed by atoms with Crippen LogP contribution in [0.4, 0.5) is 0 Å². The molecule has 4 heterocycles. The highest BCUT2D eigenvalue weighted by molar-refractivity contribution is 5.92. The van der Waals surface area contributed by atoms with Crippen LogP contribution in [0.5, 0.6) is 0 Å². The van der Waals surface area contributed by atoms with Gasteiger partial charge in [-0.15, -0.1) is 0 Å². The predicted molar refractivity (Wildman–Crippen MR) is 98.6 cm³/mol. The van der Waals surface area contributed by atoms with Crippen LogP contribution in [0.25, 0.3) is 5.69 Å². The highest BCUT2D eigenvalue weighted by Crippen LogP contribution is 2.41. The Kier molecular flexibility index (Phi) is 3.82. The molecular formula is C20H21N5O2. The van der Waals surface area contributed by atoms with Crippen LogP contribution in [0.15, 0.2) is 49.1 Å². The van der Waals surface area contributed by atoms with Crippen LogP contribution in [0.2, 0.25) is 0 Å². The highest BCUT2D eigenvalue weighted by Gasteiger charge is 2.44. The molecule has 0 radical (unpaired) electrons. The summed E-state index contributed by atoms with van der Waals surface area (Å²) in [6.07, 6.45) is 7.62. The molecule has 7 heteroatoms. The lowest BCUT2D eigenvalue weighted by atomic mass is 9.83. The minimum atomic E-state index is -0.390. The molecule has 0 atom stereocenters. The number of fused-ring (bicyclic) bond motifs is 2. The number of rotatable bonds is 2. The Hall–Kier alpha value is -2.93. The highest BCUT2D eigenvalue weighted by atomic mass is 16.5. The smallest absolute Gasteiger partial charge is 0.271 e. The van der Waals surface area contributed by atoms with Crippen LogP contribution in [0.3, 0.4) is 0 Å². The van der Waals surface area contributed by atoms with Gasteiger partial charge in [0.1, 0.15) is 11.3 Å². The Morgan fingerprint density at radius 1 is 1.19 bits per heavy atom. The molecule has 138 valence electrons. The van der Waals surface area contributed by atoms with Crippen LogP contribution in [0, 0.1) is 0 Å². The van der Waals surface area contributed by atoms with E-state index in [9.17, 15) is 4.79 Å². The Balaban J connectivity index is 1.40. The molecule has 0 bridgehead atoms. The number of carbonyl (C=O) groups excluding carboxylic acids is 1. The van der Waals surface area contributed by atoms with Gasteiger partial charge in [0.05, 0.1) is 30.5 Å². The second-order valence-electron chi connectivity index (χ2n) is 7.13. The quantitative estimate of drug-likeness (QED) is 0.758. The lowest BCUT2D eigenvalue weighted by Gasteiger charge is -2.42. The molecule has 0 unspecified atom stereocenters. The van der Waals surface area contributed by atoms with Crippen LogP contribution in [-0.2, 0) is 16.8 Å². The number of carbonyl (C=O) groups is 1. The Bertz CT molecular complexity index is 940. The van der Waals surface area contributed by atoms with E-state index in [4.69, 9.17) is 9.84 Å². The van der Waals surface area contributed by atoms with E-state index >= 15 is 0 Å². The second kappa shape index (κ2) is 6.35. The third-order valence-electron chi connectivity index (χ3n) is 5.58. The Labute approximate surface area is 157 Å². The number of nitrogens with zero attached hydrogens (tertiary/aromatic N) is 4. The fourth-order valence-electron chi connectivity index (χ4n) is 4.11. The third kappa shape index (κ3) is 2.75. The normalized spacial score (nSPS) is 18.4. The van der Waals surface area contributed by atoms with Crippen molar-refractivity contribution in [3.63, 3.8) is 0 Å². The number of amides is 1. The van der Waals surface area contributed by atoms with E-state index in [1.54, 1.807) is 6.20 Å². The van der Waals surface area contributed by atoms with E-state index < -0.39 is 5.60 Å². The lowest BCUT2D eigenvalue weighted by Crippen LogP contribution is -2.48. The van der Waals surface area contributed by atoms with Crippen LogP contribution in [0.1, 0.15) is 34.6 Å². The van der Waals surface area contributed by atoms with Gasteiger partial charge in [0.25, 0.3) is 5.91 Å². The van der Waals surface area contributed by atoms with Gasteiger partial charge in [-0.2, -0.15) is 5.10 Å². The monoisotopic (exact) mass is 363 g/mol. The molecule has 2 aliphatic rings. The molecule has 1 aromatic carbocycles. The molecule has 0 aliphatic carbocycles. The van der Waals surface area contributed by atoms with Gasteiger partial charge in [0.2, 0.25) is 0 Å².